The third kappa shape index (κ3) is 3.78. The van der Waals surface area contributed by atoms with Crippen LogP contribution in [0.1, 0.15) is 22.7 Å². The van der Waals surface area contributed by atoms with E-state index in [9.17, 15) is 14.7 Å². The molecule has 1 atom stereocenters. The highest BCUT2D eigenvalue weighted by molar-refractivity contribution is 5.54. The van der Waals surface area contributed by atoms with Gasteiger partial charge in [-0.15, -0.1) is 0 Å². The smallest absolute Gasteiger partial charge is 0.335 e. The molecule has 0 aliphatic carbocycles. The number of fused-ring (bicyclic) bond motifs is 1. The molecule has 2 heterocycles. The Morgan fingerprint density at radius 2 is 1.55 bits per heavy atom. The lowest BCUT2D eigenvalue weighted by Gasteiger charge is -2.28. The van der Waals surface area contributed by atoms with Crippen LogP contribution in [0.2, 0.25) is 0 Å². The Hall–Kier alpha value is -3.92. The molecule has 0 fully saturated rings. The van der Waals surface area contributed by atoms with E-state index in [4.69, 9.17) is 18.9 Å². The van der Waals surface area contributed by atoms with Gasteiger partial charge in [-0.2, -0.15) is 0 Å². The molecule has 3 N–H and O–H groups in total. The van der Waals surface area contributed by atoms with Crippen molar-refractivity contribution in [3.05, 3.63) is 67.9 Å². The number of H-pyrrole nitrogens is 1. The summed E-state index contributed by atoms with van der Waals surface area (Å²) in [6, 6.07) is 7.69. The van der Waals surface area contributed by atoms with Crippen LogP contribution in [-0.2, 0) is 6.42 Å². The summed E-state index contributed by atoms with van der Waals surface area (Å²) < 4.78 is 22.4. The molecule has 1 aromatic heterocycles. The number of aromatic amines is 1. The van der Waals surface area contributed by atoms with Gasteiger partial charge in [0, 0.05) is 12.6 Å². The minimum absolute atomic E-state index is 0.0116. The Morgan fingerprint density at radius 3 is 2.21 bits per heavy atom. The number of nitrogens with zero attached hydrogens (tertiary/aromatic N) is 1. The van der Waals surface area contributed by atoms with Gasteiger partial charge in [-0.1, -0.05) is 0 Å². The first-order valence-corrected chi connectivity index (χ1v) is 10.2. The third-order valence-corrected chi connectivity index (χ3v) is 5.73. The van der Waals surface area contributed by atoms with Crippen molar-refractivity contribution >= 4 is 0 Å². The molecular formula is C23H25N3O7. The maximum atomic E-state index is 12.9. The van der Waals surface area contributed by atoms with Crippen LogP contribution in [0.3, 0.4) is 0 Å². The van der Waals surface area contributed by atoms with Crippen molar-refractivity contribution < 1.29 is 24.1 Å². The Morgan fingerprint density at radius 1 is 0.909 bits per heavy atom. The van der Waals surface area contributed by atoms with E-state index in [-0.39, 0.29) is 5.56 Å². The molecule has 0 spiro atoms. The second-order valence-electron chi connectivity index (χ2n) is 7.41. The number of aromatic hydroxyl groups is 1. The first-order valence-electron chi connectivity index (χ1n) is 10.2. The van der Waals surface area contributed by atoms with Crippen LogP contribution in [0, 0.1) is 0 Å². The first-order chi connectivity index (χ1) is 15.9. The Kier molecular flexibility index (Phi) is 6.01. The fraction of sp³-hybridized carbons (Fsp3) is 0.304. The van der Waals surface area contributed by atoms with Crippen LogP contribution >= 0.6 is 0 Å². The lowest BCUT2D eigenvalue weighted by atomic mass is 9.90. The second-order valence-corrected chi connectivity index (χ2v) is 7.41. The standard InChI is InChI=1S/C23H25N3O7/c1-30-15-6-5-13(10-17(15)32-3)26-22(28)19(21(27)25-23(26)29)20-14-11-18(33-4)16(31-2)9-12(14)7-8-24-20/h5-6,9-11,20,24,28H,7-8H2,1-4H3,(H,25,27,29). The van der Waals surface area contributed by atoms with E-state index >= 15 is 0 Å². The molecule has 174 valence electrons. The molecule has 2 aromatic carbocycles. The predicted octanol–water partition coefficient (Wildman–Crippen LogP) is 1.50. The Bertz CT molecular complexity index is 1310. The minimum atomic E-state index is -0.781. The maximum Gasteiger partial charge on any atom is 0.335 e. The number of hydrogen-bond acceptors (Lipinski definition) is 8. The topological polar surface area (TPSA) is 124 Å². The van der Waals surface area contributed by atoms with Gasteiger partial charge in [0.25, 0.3) is 5.56 Å². The summed E-state index contributed by atoms with van der Waals surface area (Å²) >= 11 is 0. The number of benzene rings is 2. The molecule has 1 unspecified atom stereocenters. The van der Waals surface area contributed by atoms with Gasteiger partial charge in [0.2, 0.25) is 5.88 Å². The minimum Gasteiger partial charge on any atom is -0.494 e. The monoisotopic (exact) mass is 455 g/mol. The highest BCUT2D eigenvalue weighted by Crippen LogP contribution is 2.39. The van der Waals surface area contributed by atoms with Gasteiger partial charge in [-0.3, -0.25) is 9.78 Å². The summed E-state index contributed by atoms with van der Waals surface area (Å²) in [5, 5.41) is 14.4. The van der Waals surface area contributed by atoms with Gasteiger partial charge in [0.05, 0.1) is 45.7 Å². The van der Waals surface area contributed by atoms with Crippen LogP contribution in [0.25, 0.3) is 5.69 Å². The van der Waals surface area contributed by atoms with E-state index in [1.165, 1.54) is 27.4 Å². The number of aromatic nitrogens is 2. The summed E-state index contributed by atoms with van der Waals surface area (Å²) in [4.78, 5) is 27.9. The van der Waals surface area contributed by atoms with Gasteiger partial charge in [-0.05, 0) is 41.8 Å². The quantitative estimate of drug-likeness (QED) is 0.511. The molecule has 33 heavy (non-hydrogen) atoms. The van der Waals surface area contributed by atoms with E-state index in [0.717, 1.165) is 15.7 Å². The molecule has 3 aromatic rings. The average Bonchev–Trinajstić information content (AvgIpc) is 2.82. The van der Waals surface area contributed by atoms with Crippen molar-refractivity contribution in [3.8, 4) is 34.6 Å². The molecule has 0 saturated heterocycles. The zero-order valence-corrected chi connectivity index (χ0v) is 18.7. The summed E-state index contributed by atoms with van der Waals surface area (Å²) in [6.07, 6.45) is 0.695. The molecule has 0 saturated carbocycles. The molecule has 10 heteroatoms. The van der Waals surface area contributed by atoms with Gasteiger partial charge in [0.1, 0.15) is 0 Å². The molecule has 4 rings (SSSR count). The fourth-order valence-corrected chi connectivity index (χ4v) is 4.14. The number of rotatable bonds is 6. The lowest BCUT2D eigenvalue weighted by molar-refractivity contribution is 0.352. The molecule has 0 bridgehead atoms. The van der Waals surface area contributed by atoms with Crippen molar-refractivity contribution in [2.75, 3.05) is 35.0 Å². The van der Waals surface area contributed by atoms with Gasteiger partial charge < -0.3 is 29.4 Å². The summed E-state index contributed by atoms with van der Waals surface area (Å²) in [5.41, 5.74) is 0.538. The SMILES string of the molecule is COc1ccc(-n2c(O)c(C3NCCc4cc(OC)c(OC)cc43)c(=O)[nH]c2=O)cc1OC. The van der Waals surface area contributed by atoms with Gasteiger partial charge in [0.15, 0.2) is 23.0 Å². The molecule has 0 radical (unpaired) electrons. The van der Waals surface area contributed by atoms with Gasteiger partial charge in [-0.25, -0.2) is 9.36 Å². The van der Waals surface area contributed by atoms with Crippen molar-refractivity contribution in [2.45, 2.75) is 12.5 Å². The largest absolute Gasteiger partial charge is 0.494 e. The highest BCUT2D eigenvalue weighted by Gasteiger charge is 2.30. The molecule has 10 nitrogen and oxygen atoms in total. The predicted molar refractivity (Wildman–Crippen MR) is 121 cm³/mol. The van der Waals surface area contributed by atoms with E-state index in [0.29, 0.717) is 41.7 Å². The molecule has 1 aliphatic rings. The number of nitrogens with one attached hydrogen (secondary N) is 2. The molecular weight excluding hydrogens is 430 g/mol. The average molecular weight is 455 g/mol. The zero-order valence-electron chi connectivity index (χ0n) is 18.7. The first kappa shape index (κ1) is 22.3. The zero-order chi connectivity index (χ0) is 23.7. The van der Waals surface area contributed by atoms with E-state index in [1.807, 2.05) is 6.07 Å². The van der Waals surface area contributed by atoms with Crippen molar-refractivity contribution in [1.29, 1.82) is 0 Å². The second kappa shape index (κ2) is 8.91. The van der Waals surface area contributed by atoms with E-state index in [2.05, 4.69) is 10.3 Å². The lowest BCUT2D eigenvalue weighted by Crippen LogP contribution is -2.38. The normalized spacial score (nSPS) is 15.0. The highest BCUT2D eigenvalue weighted by atomic mass is 16.5. The van der Waals surface area contributed by atoms with Crippen LogP contribution in [0.4, 0.5) is 0 Å². The number of methoxy groups -OCH3 is 4. The Labute approximate surface area is 189 Å². The van der Waals surface area contributed by atoms with E-state index < -0.39 is 23.2 Å². The van der Waals surface area contributed by atoms with E-state index in [1.54, 1.807) is 25.3 Å². The molecule has 1 aliphatic heterocycles. The fourth-order valence-electron chi connectivity index (χ4n) is 4.14. The van der Waals surface area contributed by atoms with Crippen LogP contribution in [-0.4, -0.2) is 49.6 Å². The number of hydrogen-bond donors (Lipinski definition) is 3. The molecule has 0 amide bonds. The summed E-state index contributed by atoms with van der Waals surface area (Å²) in [5.74, 6) is 1.42. The van der Waals surface area contributed by atoms with Crippen LogP contribution in [0.15, 0.2) is 39.9 Å². The van der Waals surface area contributed by atoms with Crippen LogP contribution in [0.5, 0.6) is 28.9 Å². The van der Waals surface area contributed by atoms with Gasteiger partial charge >= 0.3 is 5.69 Å². The Balaban J connectivity index is 1.92. The van der Waals surface area contributed by atoms with Crippen molar-refractivity contribution in [3.63, 3.8) is 0 Å². The number of ether oxygens (including phenoxy) is 4. The summed E-state index contributed by atoms with van der Waals surface area (Å²) in [7, 11) is 6.04. The third-order valence-electron chi connectivity index (χ3n) is 5.73. The van der Waals surface area contributed by atoms with Crippen LogP contribution < -0.4 is 35.5 Å². The maximum absolute atomic E-state index is 12.9. The van der Waals surface area contributed by atoms with Crippen molar-refractivity contribution in [1.82, 2.24) is 14.9 Å². The van der Waals surface area contributed by atoms with Crippen molar-refractivity contribution in [2.24, 2.45) is 0 Å². The summed E-state index contributed by atoms with van der Waals surface area (Å²) in [6.45, 7) is 0.557.